The summed E-state index contributed by atoms with van der Waals surface area (Å²) in [5, 5.41) is 12.2. The minimum atomic E-state index is -4.51. The van der Waals surface area contributed by atoms with Gasteiger partial charge in [0, 0.05) is 31.3 Å². The van der Waals surface area contributed by atoms with Gasteiger partial charge >= 0.3 is 18.9 Å². The first-order valence-electron chi connectivity index (χ1n) is 15.3. The molecule has 0 spiro atoms. The number of anilines is 1. The molecule has 2 amide bonds. The van der Waals surface area contributed by atoms with Crippen molar-refractivity contribution in [1.29, 1.82) is 0 Å². The molecule has 1 fully saturated rings. The van der Waals surface area contributed by atoms with Crippen molar-refractivity contribution in [1.82, 2.24) is 10.2 Å². The lowest BCUT2D eigenvalue weighted by atomic mass is 10.0. The van der Waals surface area contributed by atoms with Crippen molar-refractivity contribution in [2.24, 2.45) is 0 Å². The summed E-state index contributed by atoms with van der Waals surface area (Å²) in [5.74, 6) is -0.399. The summed E-state index contributed by atoms with van der Waals surface area (Å²) in [6, 6.07) is 15.2. The van der Waals surface area contributed by atoms with Gasteiger partial charge in [-0.1, -0.05) is 19.1 Å². The molecule has 1 aliphatic heterocycles. The first-order chi connectivity index (χ1) is 23.1. The van der Waals surface area contributed by atoms with Gasteiger partial charge in [0.05, 0.1) is 41.4 Å². The molecule has 0 bridgehead atoms. The summed E-state index contributed by atoms with van der Waals surface area (Å²) in [4.78, 5) is 27.6. The summed E-state index contributed by atoms with van der Waals surface area (Å²) < 4.78 is 99.7. The third-order valence-electron chi connectivity index (χ3n) is 8.14. The highest BCUT2D eigenvalue weighted by Gasteiger charge is 2.35. The highest BCUT2D eigenvalue weighted by Crippen LogP contribution is 2.33. The SMILES string of the molecule is CCS(=O)(=O)c1ccc(C(CCN(C)C(=O)O)NC(=O)c2ccc(N3C[C@@H](Oc4ccc(C(F)(F)F)cc4)C[C@H]3COC(F)F)cc2)cc1. The number of amides is 2. The first-order valence-corrected chi connectivity index (χ1v) is 16.9. The molecule has 0 radical (unpaired) electrons. The molecule has 0 aliphatic carbocycles. The Morgan fingerprint density at radius 3 is 2.20 bits per heavy atom. The molecule has 4 rings (SSSR count). The molecule has 49 heavy (non-hydrogen) atoms. The van der Waals surface area contributed by atoms with Crippen molar-refractivity contribution in [2.75, 3.05) is 37.4 Å². The molecule has 1 heterocycles. The molecule has 1 aliphatic rings. The largest absolute Gasteiger partial charge is 0.489 e. The molecule has 2 N–H and O–H groups in total. The van der Waals surface area contributed by atoms with E-state index in [9.17, 15) is 45.1 Å². The van der Waals surface area contributed by atoms with Gasteiger partial charge in [-0.15, -0.1) is 0 Å². The lowest BCUT2D eigenvalue weighted by Crippen LogP contribution is -2.34. The van der Waals surface area contributed by atoms with E-state index in [1.165, 1.54) is 50.4 Å². The van der Waals surface area contributed by atoms with Crippen LogP contribution in [0.4, 0.5) is 32.4 Å². The van der Waals surface area contributed by atoms with Gasteiger partial charge in [0.2, 0.25) is 0 Å². The van der Waals surface area contributed by atoms with Gasteiger partial charge in [0.15, 0.2) is 9.84 Å². The van der Waals surface area contributed by atoms with E-state index in [0.717, 1.165) is 17.0 Å². The number of halogens is 5. The Balaban J connectivity index is 1.49. The van der Waals surface area contributed by atoms with E-state index in [0.29, 0.717) is 11.3 Å². The van der Waals surface area contributed by atoms with Crippen LogP contribution in [0.15, 0.2) is 77.7 Å². The predicted molar refractivity (Wildman–Crippen MR) is 170 cm³/mol. The molecule has 10 nitrogen and oxygen atoms in total. The number of hydrogen-bond acceptors (Lipinski definition) is 7. The number of alkyl halides is 5. The molecule has 3 aromatic carbocycles. The van der Waals surface area contributed by atoms with Crippen LogP contribution in [0.3, 0.4) is 0 Å². The standard InChI is InChI=1S/C33H36F5N3O7S/c1-3-49(45,46)28-14-6-21(7-15-28)29(16-17-40(2)32(43)44)39-30(42)22-4-10-24(11-5-22)41-19-27(18-25(41)20-47-31(34)35)48-26-12-8-23(9-13-26)33(36,37)38/h4-15,25,27,29,31H,3,16-20H2,1-2H3,(H,39,42)(H,43,44)/t25-,27-,29?/m0/s1. The second-order valence-electron chi connectivity index (χ2n) is 11.4. The van der Waals surface area contributed by atoms with E-state index in [1.807, 2.05) is 0 Å². The number of nitrogens with one attached hydrogen (secondary N) is 1. The summed E-state index contributed by atoms with van der Waals surface area (Å²) in [6.45, 7) is -1.57. The van der Waals surface area contributed by atoms with Gasteiger partial charge in [0.25, 0.3) is 5.91 Å². The fourth-order valence-corrected chi connectivity index (χ4v) is 6.28. The smallest absolute Gasteiger partial charge is 0.416 e. The fraction of sp³-hybridized carbons (Fsp3) is 0.394. The molecular formula is C33H36F5N3O7S. The van der Waals surface area contributed by atoms with Crippen LogP contribution in [0.25, 0.3) is 0 Å². The van der Waals surface area contributed by atoms with Crippen molar-refractivity contribution >= 4 is 27.5 Å². The maximum absolute atomic E-state index is 13.4. The highest BCUT2D eigenvalue weighted by atomic mass is 32.2. The summed E-state index contributed by atoms with van der Waals surface area (Å²) in [6.07, 6.45) is -5.80. The number of nitrogens with zero attached hydrogens (tertiary/aromatic N) is 2. The van der Waals surface area contributed by atoms with Gasteiger partial charge in [0.1, 0.15) is 11.9 Å². The number of carbonyl (C=O) groups excluding carboxylic acids is 1. The summed E-state index contributed by atoms with van der Waals surface area (Å²) in [5.41, 5.74) is 0.532. The Morgan fingerprint density at radius 2 is 1.65 bits per heavy atom. The number of carboxylic acid groups (broad SMARTS) is 1. The van der Waals surface area contributed by atoms with E-state index in [1.54, 1.807) is 29.2 Å². The highest BCUT2D eigenvalue weighted by molar-refractivity contribution is 7.91. The van der Waals surface area contributed by atoms with Gasteiger partial charge in [-0.3, -0.25) is 4.79 Å². The van der Waals surface area contributed by atoms with Crippen molar-refractivity contribution < 1.29 is 54.5 Å². The molecule has 1 saturated heterocycles. The molecule has 1 unspecified atom stereocenters. The molecular weight excluding hydrogens is 677 g/mol. The van der Waals surface area contributed by atoms with Crippen molar-refractivity contribution in [3.63, 3.8) is 0 Å². The van der Waals surface area contributed by atoms with E-state index in [2.05, 4.69) is 10.1 Å². The number of rotatable bonds is 14. The van der Waals surface area contributed by atoms with Crippen LogP contribution in [0.1, 0.15) is 47.3 Å². The minimum absolute atomic E-state index is 0.0704. The Bertz CT molecular complexity index is 1670. The molecule has 0 aromatic heterocycles. The van der Waals surface area contributed by atoms with E-state index in [4.69, 9.17) is 4.74 Å². The molecule has 3 aromatic rings. The first kappa shape index (κ1) is 37.4. The van der Waals surface area contributed by atoms with Crippen LogP contribution in [0.5, 0.6) is 5.75 Å². The van der Waals surface area contributed by atoms with Crippen LogP contribution >= 0.6 is 0 Å². The zero-order valence-electron chi connectivity index (χ0n) is 26.6. The van der Waals surface area contributed by atoms with Crippen LogP contribution < -0.4 is 15.0 Å². The molecule has 16 heteroatoms. The van der Waals surface area contributed by atoms with Crippen molar-refractivity contribution in [3.8, 4) is 5.75 Å². The molecule has 266 valence electrons. The molecule has 0 saturated carbocycles. The number of ether oxygens (including phenoxy) is 2. The third kappa shape index (κ3) is 10.0. The quantitative estimate of drug-likeness (QED) is 0.188. The lowest BCUT2D eigenvalue weighted by molar-refractivity contribution is -0.137. The number of sulfone groups is 1. The second kappa shape index (κ2) is 15.8. The predicted octanol–water partition coefficient (Wildman–Crippen LogP) is 6.24. The summed E-state index contributed by atoms with van der Waals surface area (Å²) in [7, 11) is -2.08. The van der Waals surface area contributed by atoms with Gasteiger partial charge < -0.3 is 29.7 Å². The molecule has 3 atom stereocenters. The number of hydrogen-bond donors (Lipinski definition) is 2. The average Bonchev–Trinajstić information content (AvgIpc) is 3.47. The monoisotopic (exact) mass is 713 g/mol. The van der Waals surface area contributed by atoms with Gasteiger partial charge in [-0.25, -0.2) is 13.2 Å². The normalized spacial score (nSPS) is 17.2. The summed E-state index contributed by atoms with van der Waals surface area (Å²) >= 11 is 0. The second-order valence-corrected chi connectivity index (χ2v) is 13.7. The maximum Gasteiger partial charge on any atom is 0.416 e. The van der Waals surface area contributed by atoms with Crippen LogP contribution in [0.2, 0.25) is 0 Å². The maximum atomic E-state index is 13.4. The fourth-order valence-electron chi connectivity index (χ4n) is 5.39. The van der Waals surface area contributed by atoms with E-state index in [-0.39, 0.29) is 54.5 Å². The Morgan fingerprint density at radius 1 is 1.02 bits per heavy atom. The topological polar surface area (TPSA) is 125 Å². The van der Waals surface area contributed by atoms with Gasteiger partial charge in [-0.05, 0) is 72.6 Å². The minimum Gasteiger partial charge on any atom is -0.489 e. The van der Waals surface area contributed by atoms with Crippen molar-refractivity contribution in [3.05, 3.63) is 89.5 Å². The zero-order chi connectivity index (χ0) is 35.9. The van der Waals surface area contributed by atoms with Crippen LogP contribution in [0, 0.1) is 0 Å². The van der Waals surface area contributed by atoms with Gasteiger partial charge in [-0.2, -0.15) is 22.0 Å². The van der Waals surface area contributed by atoms with Crippen LogP contribution in [-0.4, -0.2) is 81.7 Å². The lowest BCUT2D eigenvalue weighted by Gasteiger charge is -2.26. The Hall–Kier alpha value is -4.44. The number of benzene rings is 3. The average molecular weight is 714 g/mol. The Labute approximate surface area is 280 Å². The zero-order valence-corrected chi connectivity index (χ0v) is 27.4. The van der Waals surface area contributed by atoms with E-state index >= 15 is 0 Å². The number of carbonyl (C=O) groups is 2. The third-order valence-corrected chi connectivity index (χ3v) is 9.89. The van der Waals surface area contributed by atoms with Crippen LogP contribution in [-0.2, 0) is 20.8 Å². The Kier molecular flexibility index (Phi) is 12.1. The van der Waals surface area contributed by atoms with Crippen molar-refractivity contribution in [2.45, 2.75) is 55.6 Å². The van der Waals surface area contributed by atoms with E-state index < -0.39 is 58.4 Å².